The molecule has 1 saturated heterocycles. The van der Waals surface area contributed by atoms with Crippen molar-refractivity contribution >= 4 is 48.1 Å². The smallest absolute Gasteiger partial charge is 0.255 e. The van der Waals surface area contributed by atoms with E-state index in [1.165, 1.54) is 52.8 Å². The van der Waals surface area contributed by atoms with Gasteiger partial charge in [-0.1, -0.05) is 20.8 Å². The van der Waals surface area contributed by atoms with Crippen molar-refractivity contribution in [2.24, 2.45) is 11.8 Å². The molecule has 1 N–H and O–H groups in total. The average Bonchev–Trinajstić information content (AvgIpc) is 3.30. The zero-order valence-electron chi connectivity index (χ0n) is 20.7. The molecule has 4 rings (SSSR count). The van der Waals surface area contributed by atoms with Crippen molar-refractivity contribution in [1.82, 2.24) is 14.5 Å². The molecule has 1 aliphatic heterocycles. The van der Waals surface area contributed by atoms with Crippen LogP contribution in [0.4, 0.5) is 10.8 Å². The van der Waals surface area contributed by atoms with Crippen LogP contribution in [0.15, 0.2) is 58.3 Å². The number of benzene rings is 2. The summed E-state index contributed by atoms with van der Waals surface area (Å²) in [6.45, 7) is 6.94. The van der Waals surface area contributed by atoms with Crippen molar-refractivity contribution in [3.05, 3.63) is 63.8 Å². The number of anilines is 1. The van der Waals surface area contributed by atoms with Crippen LogP contribution in [-0.4, -0.2) is 50.3 Å². The van der Waals surface area contributed by atoms with Gasteiger partial charge in [-0.05, 0) is 73.2 Å². The Hall–Kier alpha value is -2.87. The first-order chi connectivity index (χ1) is 17.5. The third-order valence-electron chi connectivity index (χ3n) is 5.96. The van der Waals surface area contributed by atoms with E-state index in [0.29, 0.717) is 30.2 Å². The molecule has 2 aromatic carbocycles. The zero-order valence-corrected chi connectivity index (χ0v) is 23.1. The lowest BCUT2D eigenvalue weighted by molar-refractivity contribution is 0.102. The van der Waals surface area contributed by atoms with E-state index < -0.39 is 26.0 Å². The summed E-state index contributed by atoms with van der Waals surface area (Å²) < 4.78 is 56.4. The summed E-state index contributed by atoms with van der Waals surface area (Å²) in [6.07, 6.45) is 1.63. The van der Waals surface area contributed by atoms with Gasteiger partial charge in [0.2, 0.25) is 20.0 Å². The molecular formula is C24H28N5O5S3-. The highest BCUT2D eigenvalue weighted by atomic mass is 32.2. The van der Waals surface area contributed by atoms with Crippen LogP contribution < -0.4 is 5.32 Å². The van der Waals surface area contributed by atoms with Gasteiger partial charge in [-0.15, -0.1) is 11.3 Å². The Balaban J connectivity index is 1.41. The van der Waals surface area contributed by atoms with Crippen molar-refractivity contribution in [3.63, 3.8) is 0 Å². The molecule has 37 heavy (non-hydrogen) atoms. The minimum absolute atomic E-state index is 0.0466. The monoisotopic (exact) mass is 562 g/mol. The quantitative estimate of drug-likeness (QED) is 0.429. The van der Waals surface area contributed by atoms with Crippen molar-refractivity contribution in [2.45, 2.75) is 43.4 Å². The van der Waals surface area contributed by atoms with Crippen LogP contribution in [0.1, 0.15) is 42.6 Å². The fourth-order valence-corrected chi connectivity index (χ4v) is 7.69. The summed E-state index contributed by atoms with van der Waals surface area (Å²) >= 11 is 1.11. The third-order valence-corrected chi connectivity index (χ3v) is 10.2. The van der Waals surface area contributed by atoms with E-state index >= 15 is 0 Å². The Labute approximate surface area is 221 Å². The number of sulfonamides is 2. The number of rotatable bonds is 8. The maximum absolute atomic E-state index is 13.1. The first-order valence-corrected chi connectivity index (χ1v) is 15.5. The standard InChI is InChI=1S/C24H29N5O5S3/c1-4-22-26-27-24(35-22)28-36(31,32)20-11-7-19(8-12-20)25-23(30)18-5-9-21(10-6-18)37(33,34)29-14-16(2)13-17(3)15-29/h5-12,16-17H,4,13-15H2,1-3H3,(H2,25,27,28,30)/p-1. The minimum atomic E-state index is -3.98. The van der Waals surface area contributed by atoms with E-state index in [0.717, 1.165) is 17.8 Å². The number of piperidine rings is 1. The maximum atomic E-state index is 13.1. The molecule has 10 nitrogen and oxygen atoms in total. The number of hydrogen-bond acceptors (Lipinski definition) is 8. The highest BCUT2D eigenvalue weighted by Crippen LogP contribution is 2.31. The molecule has 1 aromatic heterocycles. The highest BCUT2D eigenvalue weighted by Gasteiger charge is 2.31. The molecule has 1 aliphatic rings. The van der Waals surface area contributed by atoms with Crippen molar-refractivity contribution in [1.29, 1.82) is 0 Å². The van der Waals surface area contributed by atoms with Crippen molar-refractivity contribution in [2.75, 3.05) is 18.4 Å². The average molecular weight is 563 g/mol. The molecule has 3 aromatic rings. The lowest BCUT2D eigenvalue weighted by Crippen LogP contribution is -2.42. The molecule has 198 valence electrons. The largest absolute Gasteiger partial charge is 0.342 e. The number of carbonyl (C=O) groups excluding carboxylic acids is 1. The molecule has 0 bridgehead atoms. The Kier molecular flexibility index (Phi) is 7.97. The minimum Gasteiger partial charge on any atom is -0.342 e. The highest BCUT2D eigenvalue weighted by molar-refractivity contribution is 7.94. The van der Waals surface area contributed by atoms with Gasteiger partial charge < -0.3 is 15.1 Å². The second kappa shape index (κ2) is 10.9. The van der Waals surface area contributed by atoms with Crippen LogP contribution in [0.3, 0.4) is 0 Å². The van der Waals surface area contributed by atoms with Gasteiger partial charge in [-0.3, -0.25) is 9.89 Å². The van der Waals surface area contributed by atoms with Gasteiger partial charge in [-0.2, -0.15) is 4.31 Å². The first kappa shape index (κ1) is 27.2. The summed E-state index contributed by atoms with van der Waals surface area (Å²) in [5, 5.41) is 11.1. The van der Waals surface area contributed by atoms with Gasteiger partial charge in [0.15, 0.2) is 0 Å². The summed E-state index contributed by atoms with van der Waals surface area (Å²) in [5.41, 5.74) is 0.648. The number of aryl methyl sites for hydroxylation is 1. The van der Waals surface area contributed by atoms with E-state index in [9.17, 15) is 21.6 Å². The van der Waals surface area contributed by atoms with E-state index in [4.69, 9.17) is 0 Å². The van der Waals surface area contributed by atoms with Crippen LogP contribution in [0.25, 0.3) is 4.72 Å². The number of carbonyl (C=O) groups is 1. The maximum Gasteiger partial charge on any atom is 0.255 e. The van der Waals surface area contributed by atoms with Gasteiger partial charge >= 0.3 is 0 Å². The Morgan fingerprint density at radius 1 is 0.973 bits per heavy atom. The lowest BCUT2D eigenvalue weighted by Gasteiger charge is -2.34. The normalized spacial score (nSPS) is 18.9. The zero-order chi connectivity index (χ0) is 26.8. The Bertz CT molecular complexity index is 1460. The fourth-order valence-electron chi connectivity index (χ4n) is 4.22. The van der Waals surface area contributed by atoms with E-state index in [2.05, 4.69) is 20.2 Å². The molecule has 0 saturated carbocycles. The molecule has 1 fully saturated rings. The summed E-state index contributed by atoms with van der Waals surface area (Å²) in [7, 11) is -7.62. The van der Waals surface area contributed by atoms with Crippen LogP contribution in [0, 0.1) is 11.8 Å². The number of aromatic nitrogens is 2. The van der Waals surface area contributed by atoms with Gasteiger partial charge in [0.25, 0.3) is 5.91 Å². The fraction of sp³-hybridized carbons (Fsp3) is 0.375. The van der Waals surface area contributed by atoms with Gasteiger partial charge in [0, 0.05) is 29.5 Å². The van der Waals surface area contributed by atoms with E-state index in [-0.39, 0.29) is 32.3 Å². The Morgan fingerprint density at radius 2 is 1.57 bits per heavy atom. The predicted molar refractivity (Wildman–Crippen MR) is 142 cm³/mol. The molecule has 2 atom stereocenters. The predicted octanol–water partition coefficient (Wildman–Crippen LogP) is 4.41. The van der Waals surface area contributed by atoms with Crippen molar-refractivity contribution < 1.29 is 21.6 Å². The molecule has 13 heteroatoms. The van der Waals surface area contributed by atoms with Gasteiger partial charge in [0.05, 0.1) is 14.8 Å². The van der Waals surface area contributed by atoms with Crippen LogP contribution in [0.5, 0.6) is 0 Å². The topological polar surface area (TPSA) is 140 Å². The molecule has 1 amide bonds. The van der Waals surface area contributed by atoms with Crippen LogP contribution in [0.2, 0.25) is 0 Å². The van der Waals surface area contributed by atoms with E-state index in [1.54, 1.807) is 0 Å². The third kappa shape index (κ3) is 6.35. The SMILES string of the molecule is CCc1nnc([N-]S(=O)(=O)c2ccc(NC(=O)c3ccc(S(=O)(=O)N4CC(C)CC(C)C4)cc3)cc2)s1. The lowest BCUT2D eigenvalue weighted by atomic mass is 9.94. The van der Waals surface area contributed by atoms with Crippen LogP contribution >= 0.6 is 11.3 Å². The van der Waals surface area contributed by atoms with Crippen LogP contribution in [-0.2, 0) is 26.5 Å². The molecule has 0 spiro atoms. The number of nitrogens with one attached hydrogen (secondary N) is 1. The second-order valence-electron chi connectivity index (χ2n) is 9.17. The Morgan fingerprint density at radius 3 is 2.14 bits per heavy atom. The molecule has 0 aliphatic carbocycles. The summed E-state index contributed by atoms with van der Waals surface area (Å²) in [5.74, 6) is 0.124. The van der Waals surface area contributed by atoms with Gasteiger partial charge in [-0.25, -0.2) is 16.8 Å². The second-order valence-corrected chi connectivity index (χ2v) is 13.8. The summed E-state index contributed by atoms with van der Waals surface area (Å²) in [4.78, 5) is 12.8. The number of amides is 1. The van der Waals surface area contributed by atoms with E-state index in [1.807, 2.05) is 20.8 Å². The summed E-state index contributed by atoms with van der Waals surface area (Å²) in [6, 6.07) is 11.4. The molecule has 2 unspecified atom stereocenters. The molecule has 2 heterocycles. The number of hydrogen-bond donors (Lipinski definition) is 1. The first-order valence-electron chi connectivity index (χ1n) is 11.8. The molecule has 0 radical (unpaired) electrons. The number of nitrogens with zero attached hydrogens (tertiary/aromatic N) is 4. The van der Waals surface area contributed by atoms with Gasteiger partial charge in [0.1, 0.15) is 0 Å². The van der Waals surface area contributed by atoms with Crippen molar-refractivity contribution in [3.8, 4) is 0 Å². The molecular weight excluding hydrogens is 534 g/mol.